The molecular weight excluding hydrogens is 192 g/mol. The maximum atomic E-state index is 9.57. The number of carboxylic acid groups (broad SMARTS) is 1. The summed E-state index contributed by atoms with van der Waals surface area (Å²) in [7, 11) is 0. The van der Waals surface area contributed by atoms with E-state index < -0.39 is 12.0 Å². The molecule has 0 unspecified atom stereocenters. The molecule has 0 heterocycles. The van der Waals surface area contributed by atoms with Gasteiger partial charge in [-0.1, -0.05) is 0 Å². The summed E-state index contributed by atoms with van der Waals surface area (Å²) < 4.78 is 0. The molecule has 1 atom stereocenters. The van der Waals surface area contributed by atoms with Gasteiger partial charge in [-0.2, -0.15) is 0 Å². The maximum Gasteiger partial charge on any atom is 1.00 e. The Kier molecular flexibility index (Phi) is 15.2. The molecule has 0 aliphatic heterocycles. The molecule has 0 aliphatic rings. The molecule has 0 bridgehead atoms. The minimum Gasteiger partial charge on any atom is -1.00 e. The third kappa shape index (κ3) is 9.82. The Balaban J connectivity index is -0.0000000417. The first-order valence-electron chi connectivity index (χ1n) is 1.63. The molecule has 0 fully saturated rings. The van der Waals surface area contributed by atoms with Gasteiger partial charge in [0.15, 0.2) is 0 Å². The second-order valence-corrected chi connectivity index (χ2v) is 1.13. The Morgan fingerprint density at radius 1 is 1.88 bits per heavy atom. The van der Waals surface area contributed by atoms with Crippen molar-refractivity contribution in [1.82, 2.24) is 0 Å². The van der Waals surface area contributed by atoms with Crippen molar-refractivity contribution < 1.29 is 49.7 Å². The molecule has 0 aromatic carbocycles. The number of carboxylic acids is 1. The van der Waals surface area contributed by atoms with Crippen LogP contribution in [0.2, 0.25) is 0 Å². The number of nitrogens with two attached hydrogens (primary N) is 1. The van der Waals surface area contributed by atoms with Gasteiger partial charge in [0, 0.05) is 19.5 Å². The Morgan fingerprint density at radius 3 is 2.00 bits per heavy atom. The predicted octanol–water partition coefficient (Wildman–Crippen LogP) is -3.47. The SMILES string of the molecule is C[C@H](N)C(=O)O.[H-].[Li+].[Rh]. The Bertz CT molecular complexity index is 72.8. The van der Waals surface area contributed by atoms with Crippen molar-refractivity contribution in [3.63, 3.8) is 0 Å². The van der Waals surface area contributed by atoms with E-state index in [1.807, 2.05) is 0 Å². The zero-order valence-corrected chi connectivity index (χ0v) is 6.48. The third-order valence-electron chi connectivity index (χ3n) is 0.390. The van der Waals surface area contributed by atoms with E-state index in [1.165, 1.54) is 6.92 Å². The Morgan fingerprint density at radius 2 is 2.00 bits per heavy atom. The standard InChI is InChI=1S/C3H7NO2.Li.Rh.H/c1-2(4)3(5)6;;;/h2H,4H2,1H3,(H,5,6);;;/q;+1;;-1/t2-;;;/m0.../s1. The van der Waals surface area contributed by atoms with Crippen molar-refractivity contribution in [2.24, 2.45) is 5.73 Å². The number of hydrogen-bond donors (Lipinski definition) is 2. The summed E-state index contributed by atoms with van der Waals surface area (Å²) in [6.45, 7) is 1.42. The van der Waals surface area contributed by atoms with Crippen LogP contribution in [0, 0.1) is 0 Å². The van der Waals surface area contributed by atoms with Crippen LogP contribution in [0.1, 0.15) is 8.35 Å². The van der Waals surface area contributed by atoms with Gasteiger partial charge in [-0.3, -0.25) is 4.79 Å². The van der Waals surface area contributed by atoms with Gasteiger partial charge >= 0.3 is 24.8 Å². The molecular formula is C3H8LiNO2Rh. The summed E-state index contributed by atoms with van der Waals surface area (Å²) in [4.78, 5) is 9.57. The summed E-state index contributed by atoms with van der Waals surface area (Å²) in [5.41, 5.74) is 4.84. The predicted molar refractivity (Wildman–Crippen MR) is 22.4 cm³/mol. The number of carbonyl (C=O) groups is 1. The Labute approximate surface area is 74.4 Å². The van der Waals surface area contributed by atoms with Crippen molar-refractivity contribution in [1.29, 1.82) is 0 Å². The number of rotatable bonds is 1. The molecule has 3 N–H and O–H groups in total. The van der Waals surface area contributed by atoms with Crippen LogP contribution in [-0.4, -0.2) is 17.1 Å². The molecule has 0 saturated carbocycles. The van der Waals surface area contributed by atoms with Crippen LogP contribution >= 0.6 is 0 Å². The average molecular weight is 200 g/mol. The zero-order chi connectivity index (χ0) is 5.15. The van der Waals surface area contributed by atoms with E-state index in [2.05, 4.69) is 0 Å². The van der Waals surface area contributed by atoms with Crippen LogP contribution in [-0.2, 0) is 24.3 Å². The fraction of sp³-hybridized carbons (Fsp3) is 0.667. The smallest absolute Gasteiger partial charge is 1.00 e. The Hall–Kier alpha value is 0.651. The fourth-order valence-corrected chi connectivity index (χ4v) is 0. The quantitative estimate of drug-likeness (QED) is 0.432. The van der Waals surface area contributed by atoms with Crippen LogP contribution in [0.3, 0.4) is 0 Å². The summed E-state index contributed by atoms with van der Waals surface area (Å²) in [6.07, 6.45) is 0. The molecule has 1 radical (unpaired) electrons. The van der Waals surface area contributed by atoms with E-state index in [9.17, 15) is 4.79 Å². The first-order chi connectivity index (χ1) is 2.64. The van der Waals surface area contributed by atoms with E-state index in [4.69, 9.17) is 10.8 Å². The summed E-state index contributed by atoms with van der Waals surface area (Å²) in [6, 6.07) is -0.731. The van der Waals surface area contributed by atoms with Crippen molar-refractivity contribution in [3.05, 3.63) is 0 Å². The minimum atomic E-state index is -0.963. The first-order valence-corrected chi connectivity index (χ1v) is 1.63. The van der Waals surface area contributed by atoms with E-state index in [0.717, 1.165) is 0 Å². The number of hydrogen-bond acceptors (Lipinski definition) is 2. The third-order valence-corrected chi connectivity index (χ3v) is 0.390. The molecule has 0 spiro atoms. The summed E-state index contributed by atoms with van der Waals surface area (Å²) in [5.74, 6) is -0.963. The van der Waals surface area contributed by atoms with Crippen molar-refractivity contribution in [2.45, 2.75) is 13.0 Å². The van der Waals surface area contributed by atoms with Gasteiger partial charge in [0.05, 0.1) is 0 Å². The molecule has 0 amide bonds. The summed E-state index contributed by atoms with van der Waals surface area (Å²) in [5, 5.41) is 7.87. The van der Waals surface area contributed by atoms with Gasteiger partial charge < -0.3 is 12.3 Å². The monoisotopic (exact) mass is 200 g/mol. The van der Waals surface area contributed by atoms with Crippen LogP contribution in [0.25, 0.3) is 0 Å². The maximum absolute atomic E-state index is 9.57. The largest absolute Gasteiger partial charge is 1.00 e. The molecule has 5 heteroatoms. The molecule has 0 aromatic heterocycles. The average Bonchev–Trinajstić information content (AvgIpc) is 1.36. The topological polar surface area (TPSA) is 63.3 Å². The fourth-order valence-electron chi connectivity index (χ4n) is 0. The van der Waals surface area contributed by atoms with Gasteiger partial charge in [-0.15, -0.1) is 0 Å². The van der Waals surface area contributed by atoms with Crippen molar-refractivity contribution >= 4 is 5.97 Å². The van der Waals surface area contributed by atoms with Crippen molar-refractivity contribution in [3.8, 4) is 0 Å². The molecule has 3 nitrogen and oxygen atoms in total. The van der Waals surface area contributed by atoms with E-state index in [-0.39, 0.29) is 39.8 Å². The van der Waals surface area contributed by atoms with Gasteiger partial charge in [0.25, 0.3) is 0 Å². The van der Waals surface area contributed by atoms with Gasteiger partial charge in [0.1, 0.15) is 6.04 Å². The second-order valence-electron chi connectivity index (χ2n) is 1.13. The van der Waals surface area contributed by atoms with Crippen LogP contribution < -0.4 is 24.6 Å². The van der Waals surface area contributed by atoms with E-state index >= 15 is 0 Å². The molecule has 8 heavy (non-hydrogen) atoms. The van der Waals surface area contributed by atoms with E-state index in [1.54, 1.807) is 0 Å². The van der Waals surface area contributed by atoms with Crippen LogP contribution in [0.4, 0.5) is 0 Å². The van der Waals surface area contributed by atoms with Gasteiger partial charge in [-0.25, -0.2) is 0 Å². The van der Waals surface area contributed by atoms with Crippen LogP contribution in [0.5, 0.6) is 0 Å². The molecule has 0 rings (SSSR count). The number of aliphatic carboxylic acids is 1. The minimum absolute atomic E-state index is 0. The van der Waals surface area contributed by atoms with E-state index in [0.29, 0.717) is 0 Å². The van der Waals surface area contributed by atoms with Crippen LogP contribution in [0.15, 0.2) is 0 Å². The first kappa shape index (κ1) is 15.9. The normalized spacial score (nSPS) is 10.2. The zero-order valence-electron chi connectivity index (χ0n) is 5.84. The van der Waals surface area contributed by atoms with Crippen molar-refractivity contribution in [2.75, 3.05) is 0 Å². The van der Waals surface area contributed by atoms with Gasteiger partial charge in [-0.05, 0) is 6.92 Å². The molecule has 47 valence electrons. The molecule has 0 saturated heterocycles. The second kappa shape index (κ2) is 7.65. The van der Waals surface area contributed by atoms with Gasteiger partial charge in [0.2, 0.25) is 0 Å². The molecule has 0 aromatic rings. The summed E-state index contributed by atoms with van der Waals surface area (Å²) >= 11 is 0. The molecule has 0 aliphatic carbocycles.